The van der Waals surface area contributed by atoms with Crippen molar-refractivity contribution < 1.29 is 14.3 Å². The molecule has 0 N–H and O–H groups in total. The van der Waals surface area contributed by atoms with Crippen molar-refractivity contribution in [3.05, 3.63) is 21.7 Å². The van der Waals surface area contributed by atoms with E-state index in [1.807, 2.05) is 6.07 Å². The third-order valence-electron chi connectivity index (χ3n) is 3.42. The SMILES string of the molecule is COc1cc(Br)c(OC)c2c1CCC(C)CC2=O. The summed E-state index contributed by atoms with van der Waals surface area (Å²) >= 11 is 3.44. The van der Waals surface area contributed by atoms with Crippen LogP contribution < -0.4 is 9.47 Å². The normalized spacial score (nSPS) is 19.1. The van der Waals surface area contributed by atoms with Crippen LogP contribution in [0.2, 0.25) is 0 Å². The zero-order valence-corrected chi connectivity index (χ0v) is 12.5. The van der Waals surface area contributed by atoms with Crippen LogP contribution in [0.4, 0.5) is 0 Å². The van der Waals surface area contributed by atoms with Crippen molar-refractivity contribution in [1.29, 1.82) is 0 Å². The number of ketones is 1. The molecule has 0 fully saturated rings. The van der Waals surface area contributed by atoms with Gasteiger partial charge in [-0.3, -0.25) is 4.79 Å². The quantitative estimate of drug-likeness (QED) is 0.782. The Morgan fingerprint density at radius 1 is 1.33 bits per heavy atom. The Hall–Kier alpha value is -1.03. The van der Waals surface area contributed by atoms with Crippen molar-refractivity contribution in [2.45, 2.75) is 26.2 Å². The predicted octanol–water partition coefficient (Wildman–Crippen LogP) is 3.62. The van der Waals surface area contributed by atoms with E-state index in [9.17, 15) is 4.79 Å². The molecule has 1 aromatic rings. The molecular weight excluding hydrogens is 296 g/mol. The molecule has 1 unspecified atom stereocenters. The van der Waals surface area contributed by atoms with Gasteiger partial charge in [0, 0.05) is 12.0 Å². The summed E-state index contributed by atoms with van der Waals surface area (Å²) in [5.41, 5.74) is 1.67. The standard InChI is InChI=1S/C14H17BrO3/c1-8-4-5-9-12(17-2)7-10(15)14(18-3)13(9)11(16)6-8/h7-8H,4-6H2,1-3H3. The number of carbonyl (C=O) groups excluding carboxylic acids is 1. The van der Waals surface area contributed by atoms with E-state index in [-0.39, 0.29) is 5.78 Å². The van der Waals surface area contributed by atoms with Gasteiger partial charge in [-0.2, -0.15) is 0 Å². The van der Waals surface area contributed by atoms with Crippen LogP contribution in [0.3, 0.4) is 0 Å². The van der Waals surface area contributed by atoms with Crippen LogP contribution >= 0.6 is 15.9 Å². The first kappa shape index (κ1) is 13.4. The molecule has 1 atom stereocenters. The number of carbonyl (C=O) groups is 1. The number of hydrogen-bond acceptors (Lipinski definition) is 3. The van der Waals surface area contributed by atoms with Gasteiger partial charge in [-0.1, -0.05) is 6.92 Å². The minimum atomic E-state index is 0.145. The van der Waals surface area contributed by atoms with E-state index in [4.69, 9.17) is 9.47 Å². The van der Waals surface area contributed by atoms with Gasteiger partial charge in [0.2, 0.25) is 0 Å². The molecule has 0 radical (unpaired) electrons. The highest BCUT2D eigenvalue weighted by Crippen LogP contribution is 2.41. The molecule has 1 aromatic carbocycles. The van der Waals surface area contributed by atoms with E-state index >= 15 is 0 Å². The van der Waals surface area contributed by atoms with Gasteiger partial charge in [0.15, 0.2) is 5.78 Å². The van der Waals surface area contributed by atoms with Crippen LogP contribution in [0.1, 0.15) is 35.7 Å². The maximum atomic E-state index is 12.4. The molecule has 18 heavy (non-hydrogen) atoms. The molecular formula is C14H17BrO3. The Bertz CT molecular complexity index is 482. The first-order valence-corrected chi connectivity index (χ1v) is 6.84. The number of ether oxygens (including phenoxy) is 2. The van der Waals surface area contributed by atoms with Gasteiger partial charge >= 0.3 is 0 Å². The molecule has 0 amide bonds. The first-order chi connectivity index (χ1) is 8.58. The molecule has 1 aliphatic carbocycles. The summed E-state index contributed by atoms with van der Waals surface area (Å²) in [5.74, 6) is 1.94. The fourth-order valence-corrected chi connectivity index (χ4v) is 3.05. The topological polar surface area (TPSA) is 35.5 Å². The van der Waals surface area contributed by atoms with Gasteiger partial charge in [0.25, 0.3) is 0 Å². The zero-order chi connectivity index (χ0) is 13.3. The highest BCUT2D eigenvalue weighted by Gasteiger charge is 2.27. The second-order valence-corrected chi connectivity index (χ2v) is 5.57. The van der Waals surface area contributed by atoms with E-state index in [0.717, 1.165) is 28.6 Å². The summed E-state index contributed by atoms with van der Waals surface area (Å²) in [6.07, 6.45) is 2.43. The van der Waals surface area contributed by atoms with E-state index < -0.39 is 0 Å². The predicted molar refractivity (Wildman–Crippen MR) is 73.7 cm³/mol. The van der Waals surface area contributed by atoms with E-state index in [1.165, 1.54) is 0 Å². The van der Waals surface area contributed by atoms with Crippen molar-refractivity contribution in [1.82, 2.24) is 0 Å². The maximum Gasteiger partial charge on any atom is 0.167 e. The van der Waals surface area contributed by atoms with Crippen molar-refractivity contribution in [2.24, 2.45) is 5.92 Å². The number of hydrogen-bond donors (Lipinski definition) is 0. The summed E-state index contributed by atoms with van der Waals surface area (Å²) in [6.45, 7) is 2.11. The molecule has 98 valence electrons. The van der Waals surface area contributed by atoms with Gasteiger partial charge in [-0.05, 0) is 40.8 Å². The average molecular weight is 313 g/mol. The highest BCUT2D eigenvalue weighted by atomic mass is 79.9. The fourth-order valence-electron chi connectivity index (χ4n) is 2.48. The summed E-state index contributed by atoms with van der Waals surface area (Å²) in [4.78, 5) is 12.4. The lowest BCUT2D eigenvalue weighted by molar-refractivity contribution is 0.0964. The molecule has 2 rings (SSSR count). The largest absolute Gasteiger partial charge is 0.496 e. The zero-order valence-electron chi connectivity index (χ0n) is 10.9. The van der Waals surface area contributed by atoms with Crippen LogP contribution in [-0.4, -0.2) is 20.0 Å². The third-order valence-corrected chi connectivity index (χ3v) is 4.01. The summed E-state index contributed by atoms with van der Waals surface area (Å²) in [5, 5.41) is 0. The first-order valence-electron chi connectivity index (χ1n) is 6.05. The van der Waals surface area contributed by atoms with E-state index in [0.29, 0.717) is 23.7 Å². The lowest BCUT2D eigenvalue weighted by atomic mass is 9.99. The minimum Gasteiger partial charge on any atom is -0.496 e. The molecule has 4 heteroatoms. The molecule has 0 saturated carbocycles. The highest BCUT2D eigenvalue weighted by molar-refractivity contribution is 9.10. The Labute approximate surface area is 116 Å². The monoisotopic (exact) mass is 312 g/mol. The lowest BCUT2D eigenvalue weighted by Crippen LogP contribution is -2.07. The second-order valence-electron chi connectivity index (χ2n) is 4.72. The van der Waals surface area contributed by atoms with Crippen molar-refractivity contribution in [2.75, 3.05) is 14.2 Å². The smallest absolute Gasteiger partial charge is 0.167 e. The van der Waals surface area contributed by atoms with Crippen LogP contribution in [0, 0.1) is 5.92 Å². The number of rotatable bonds is 2. The molecule has 0 bridgehead atoms. The Kier molecular flexibility index (Phi) is 3.95. The van der Waals surface area contributed by atoms with Crippen molar-refractivity contribution >= 4 is 21.7 Å². The van der Waals surface area contributed by atoms with Crippen molar-refractivity contribution in [3.63, 3.8) is 0 Å². The Balaban J connectivity index is 2.67. The van der Waals surface area contributed by atoms with Crippen LogP contribution in [0.25, 0.3) is 0 Å². The van der Waals surface area contributed by atoms with Gasteiger partial charge in [0.1, 0.15) is 11.5 Å². The average Bonchev–Trinajstić information content (AvgIpc) is 2.48. The molecule has 1 aliphatic rings. The lowest BCUT2D eigenvalue weighted by Gasteiger charge is -2.16. The number of benzene rings is 1. The van der Waals surface area contributed by atoms with Crippen molar-refractivity contribution in [3.8, 4) is 11.5 Å². The fraction of sp³-hybridized carbons (Fsp3) is 0.500. The summed E-state index contributed by atoms with van der Waals surface area (Å²) in [7, 11) is 3.22. The maximum absolute atomic E-state index is 12.4. The van der Waals surface area contributed by atoms with Crippen LogP contribution in [-0.2, 0) is 6.42 Å². The molecule has 3 nitrogen and oxygen atoms in total. The molecule has 0 spiro atoms. The number of halogens is 1. The van der Waals surface area contributed by atoms with Crippen LogP contribution in [0.15, 0.2) is 10.5 Å². The van der Waals surface area contributed by atoms with Gasteiger partial charge in [-0.25, -0.2) is 0 Å². The van der Waals surface area contributed by atoms with E-state index in [1.54, 1.807) is 14.2 Å². The van der Waals surface area contributed by atoms with Crippen LogP contribution in [0.5, 0.6) is 11.5 Å². The van der Waals surface area contributed by atoms with Gasteiger partial charge in [-0.15, -0.1) is 0 Å². The third kappa shape index (κ3) is 2.26. The molecule has 0 aliphatic heterocycles. The second kappa shape index (κ2) is 5.31. The number of Topliss-reactive ketones (excluding diaryl/α,β-unsaturated/α-hetero) is 1. The minimum absolute atomic E-state index is 0.145. The van der Waals surface area contributed by atoms with Gasteiger partial charge < -0.3 is 9.47 Å². The summed E-state index contributed by atoms with van der Waals surface area (Å²) < 4.78 is 11.5. The van der Waals surface area contributed by atoms with Gasteiger partial charge in [0.05, 0.1) is 24.3 Å². The molecule has 0 aromatic heterocycles. The summed E-state index contributed by atoms with van der Waals surface area (Å²) in [6, 6.07) is 1.88. The Morgan fingerprint density at radius 2 is 2.06 bits per heavy atom. The molecule has 0 saturated heterocycles. The Morgan fingerprint density at radius 3 is 2.67 bits per heavy atom. The number of fused-ring (bicyclic) bond motifs is 1. The number of methoxy groups -OCH3 is 2. The molecule has 0 heterocycles. The van der Waals surface area contributed by atoms with E-state index in [2.05, 4.69) is 22.9 Å².